The SMILES string of the molecule is CCc1ccc(Oc2nc3ccc(Cl)cc3s2)cc1C1=C(O)[C@@H]2CC[C@H](C2)C1=O. The first-order valence-electron chi connectivity index (χ1n) is 9.88. The number of halogens is 1. The van der Waals surface area contributed by atoms with Crippen molar-refractivity contribution in [2.24, 2.45) is 11.8 Å². The summed E-state index contributed by atoms with van der Waals surface area (Å²) in [6.07, 6.45) is 3.30. The van der Waals surface area contributed by atoms with Crippen molar-refractivity contribution in [2.75, 3.05) is 0 Å². The molecule has 5 rings (SSSR count). The van der Waals surface area contributed by atoms with Gasteiger partial charge in [0.15, 0.2) is 5.78 Å². The van der Waals surface area contributed by atoms with E-state index in [9.17, 15) is 9.90 Å². The van der Waals surface area contributed by atoms with Gasteiger partial charge in [0.05, 0.1) is 15.8 Å². The Morgan fingerprint density at radius 3 is 2.86 bits per heavy atom. The standard InChI is InChI=1S/C23H20ClNO3S/c1-2-12-5-7-16(28-23-25-18-8-6-15(24)10-19(18)29-23)11-17(12)20-21(26)13-3-4-14(9-13)22(20)27/h5-8,10-11,13-14,26H,2-4,9H2,1H3/t13-,14-/m1/s1. The summed E-state index contributed by atoms with van der Waals surface area (Å²) in [5, 5.41) is 12.0. The van der Waals surface area contributed by atoms with Gasteiger partial charge in [0.2, 0.25) is 0 Å². The molecule has 2 atom stereocenters. The number of thiazole rings is 1. The summed E-state index contributed by atoms with van der Waals surface area (Å²) in [4.78, 5) is 17.5. The average Bonchev–Trinajstić information content (AvgIpc) is 3.32. The van der Waals surface area contributed by atoms with Crippen LogP contribution in [0.5, 0.6) is 10.9 Å². The minimum absolute atomic E-state index is 0.0363. The number of aliphatic hydroxyl groups is 1. The molecule has 0 radical (unpaired) electrons. The number of carbonyl (C=O) groups excluding carboxylic acids is 1. The predicted molar refractivity (Wildman–Crippen MR) is 116 cm³/mol. The van der Waals surface area contributed by atoms with Crippen molar-refractivity contribution >= 4 is 44.5 Å². The fraction of sp³-hybridized carbons (Fsp3) is 0.304. The van der Waals surface area contributed by atoms with Crippen LogP contribution in [0.25, 0.3) is 15.8 Å². The van der Waals surface area contributed by atoms with E-state index in [4.69, 9.17) is 16.3 Å². The molecule has 3 aromatic rings. The second-order valence-electron chi connectivity index (χ2n) is 7.70. The van der Waals surface area contributed by atoms with E-state index >= 15 is 0 Å². The number of aromatic nitrogens is 1. The molecule has 0 saturated heterocycles. The van der Waals surface area contributed by atoms with E-state index in [0.29, 0.717) is 21.5 Å². The van der Waals surface area contributed by atoms with Crippen LogP contribution in [0.3, 0.4) is 0 Å². The summed E-state index contributed by atoms with van der Waals surface area (Å²) in [6, 6.07) is 11.3. The van der Waals surface area contributed by atoms with Crippen LogP contribution in [-0.2, 0) is 11.2 Å². The summed E-state index contributed by atoms with van der Waals surface area (Å²) in [5.74, 6) is 1.07. The molecule has 6 heteroatoms. The molecule has 0 spiro atoms. The molecular weight excluding hydrogens is 406 g/mol. The zero-order chi connectivity index (χ0) is 20.1. The Bertz CT molecular complexity index is 1170. The number of carbonyl (C=O) groups is 1. The highest BCUT2D eigenvalue weighted by atomic mass is 35.5. The van der Waals surface area contributed by atoms with E-state index in [-0.39, 0.29) is 23.4 Å². The van der Waals surface area contributed by atoms with Crippen LogP contribution in [-0.4, -0.2) is 15.9 Å². The van der Waals surface area contributed by atoms with Gasteiger partial charge in [-0.05, 0) is 67.1 Å². The van der Waals surface area contributed by atoms with Crippen LogP contribution in [0.1, 0.15) is 37.3 Å². The van der Waals surface area contributed by atoms with Crippen LogP contribution in [0.2, 0.25) is 5.02 Å². The molecule has 0 unspecified atom stereocenters. The lowest BCUT2D eigenvalue weighted by molar-refractivity contribution is -0.117. The van der Waals surface area contributed by atoms with Crippen LogP contribution < -0.4 is 4.74 Å². The monoisotopic (exact) mass is 425 g/mol. The van der Waals surface area contributed by atoms with E-state index in [1.807, 2.05) is 30.3 Å². The molecule has 148 valence electrons. The number of hydrogen-bond acceptors (Lipinski definition) is 5. The van der Waals surface area contributed by atoms with Gasteiger partial charge in [-0.15, -0.1) is 0 Å². The first-order chi connectivity index (χ1) is 14.0. The minimum atomic E-state index is 0.0363. The van der Waals surface area contributed by atoms with Crippen LogP contribution >= 0.6 is 22.9 Å². The molecule has 2 bridgehead atoms. The summed E-state index contributed by atoms with van der Waals surface area (Å²) in [6.45, 7) is 2.05. The van der Waals surface area contributed by atoms with E-state index in [2.05, 4.69) is 11.9 Å². The van der Waals surface area contributed by atoms with E-state index in [1.54, 1.807) is 6.07 Å². The Kier molecular flexibility index (Phi) is 4.60. The second-order valence-corrected chi connectivity index (χ2v) is 9.13. The quantitative estimate of drug-likeness (QED) is 0.513. The molecule has 4 nitrogen and oxygen atoms in total. The fourth-order valence-electron chi connectivity index (χ4n) is 4.46. The molecule has 0 aliphatic heterocycles. The number of allylic oxidation sites excluding steroid dienone is 2. The maximum atomic E-state index is 13.0. The number of benzene rings is 2. The van der Waals surface area contributed by atoms with Crippen LogP contribution in [0, 0.1) is 11.8 Å². The molecule has 2 aliphatic carbocycles. The van der Waals surface area contributed by atoms with Gasteiger partial charge in [-0.3, -0.25) is 4.79 Å². The van der Waals surface area contributed by atoms with Crippen molar-refractivity contribution in [3.05, 3.63) is 58.3 Å². The lowest BCUT2D eigenvalue weighted by Gasteiger charge is -2.23. The number of hydrogen-bond donors (Lipinski definition) is 1. The zero-order valence-electron chi connectivity index (χ0n) is 15.9. The molecule has 1 aromatic heterocycles. The van der Waals surface area contributed by atoms with Gasteiger partial charge < -0.3 is 9.84 Å². The highest BCUT2D eigenvalue weighted by molar-refractivity contribution is 7.20. The first kappa shape index (κ1) is 18.6. The van der Waals surface area contributed by atoms with Crippen molar-refractivity contribution in [2.45, 2.75) is 32.6 Å². The van der Waals surface area contributed by atoms with Gasteiger partial charge in [-0.2, -0.15) is 0 Å². The molecule has 0 amide bonds. The lowest BCUT2D eigenvalue weighted by Crippen LogP contribution is -2.21. The molecule has 1 N–H and O–H groups in total. The van der Waals surface area contributed by atoms with E-state index < -0.39 is 0 Å². The Balaban J connectivity index is 1.54. The number of ether oxygens (including phenoxy) is 1. The molecule has 2 aliphatic rings. The normalized spacial score (nSPS) is 21.2. The molecule has 1 heterocycles. The largest absolute Gasteiger partial charge is 0.511 e. The van der Waals surface area contributed by atoms with Gasteiger partial charge in [0, 0.05) is 16.9 Å². The number of aliphatic hydroxyl groups excluding tert-OH is 1. The summed E-state index contributed by atoms with van der Waals surface area (Å²) >= 11 is 7.49. The minimum Gasteiger partial charge on any atom is -0.511 e. The Labute approximate surface area is 177 Å². The third kappa shape index (κ3) is 3.22. The first-order valence-corrected chi connectivity index (χ1v) is 11.1. The maximum Gasteiger partial charge on any atom is 0.279 e. The maximum absolute atomic E-state index is 13.0. The number of fused-ring (bicyclic) bond motifs is 3. The van der Waals surface area contributed by atoms with Crippen molar-refractivity contribution < 1.29 is 14.6 Å². The van der Waals surface area contributed by atoms with Gasteiger partial charge >= 0.3 is 0 Å². The molecule has 1 fully saturated rings. The third-order valence-electron chi connectivity index (χ3n) is 5.96. The Morgan fingerprint density at radius 2 is 2.03 bits per heavy atom. The van der Waals surface area contributed by atoms with Gasteiger partial charge in [0.1, 0.15) is 11.5 Å². The number of aryl methyl sites for hydroxylation is 1. The number of rotatable bonds is 4. The average molecular weight is 426 g/mol. The highest BCUT2D eigenvalue weighted by Crippen LogP contribution is 2.46. The van der Waals surface area contributed by atoms with Crippen LogP contribution in [0.15, 0.2) is 42.2 Å². The molecule has 2 aromatic carbocycles. The highest BCUT2D eigenvalue weighted by Gasteiger charge is 2.41. The summed E-state index contributed by atoms with van der Waals surface area (Å²) in [7, 11) is 0. The molecule has 1 saturated carbocycles. The number of Topliss-reactive ketones (excluding diaryl/α,β-unsaturated/α-hetero) is 1. The lowest BCUT2D eigenvalue weighted by atomic mass is 9.81. The predicted octanol–water partition coefficient (Wildman–Crippen LogP) is 6.57. The van der Waals surface area contributed by atoms with E-state index in [0.717, 1.165) is 47.0 Å². The Hall–Kier alpha value is -2.37. The van der Waals surface area contributed by atoms with Crippen molar-refractivity contribution in [3.63, 3.8) is 0 Å². The topological polar surface area (TPSA) is 59.4 Å². The van der Waals surface area contributed by atoms with Gasteiger partial charge in [0.25, 0.3) is 5.19 Å². The smallest absolute Gasteiger partial charge is 0.279 e. The zero-order valence-corrected chi connectivity index (χ0v) is 17.5. The van der Waals surface area contributed by atoms with Crippen molar-refractivity contribution in [1.29, 1.82) is 0 Å². The van der Waals surface area contributed by atoms with Gasteiger partial charge in [-0.1, -0.05) is 35.9 Å². The molecule has 29 heavy (non-hydrogen) atoms. The van der Waals surface area contributed by atoms with Crippen molar-refractivity contribution in [1.82, 2.24) is 4.98 Å². The Morgan fingerprint density at radius 1 is 1.21 bits per heavy atom. The molecular formula is C23H20ClNO3S. The van der Waals surface area contributed by atoms with Gasteiger partial charge in [-0.25, -0.2) is 4.98 Å². The number of nitrogens with zero attached hydrogens (tertiary/aromatic N) is 1. The third-order valence-corrected chi connectivity index (χ3v) is 7.09. The summed E-state index contributed by atoms with van der Waals surface area (Å²) in [5.41, 5.74) is 3.14. The second kappa shape index (κ2) is 7.15. The fourth-order valence-corrected chi connectivity index (χ4v) is 5.57. The van der Waals surface area contributed by atoms with Crippen LogP contribution in [0.4, 0.5) is 0 Å². The van der Waals surface area contributed by atoms with E-state index in [1.165, 1.54) is 11.3 Å². The van der Waals surface area contributed by atoms with Crippen molar-refractivity contribution in [3.8, 4) is 10.9 Å². The summed E-state index contributed by atoms with van der Waals surface area (Å²) < 4.78 is 6.98. The number of ketones is 1.